The van der Waals surface area contributed by atoms with Crippen molar-refractivity contribution in [1.29, 1.82) is 0 Å². The van der Waals surface area contributed by atoms with Crippen LogP contribution in [0.25, 0.3) is 0 Å². The predicted octanol–water partition coefficient (Wildman–Crippen LogP) is 3.61. The minimum Gasteiger partial charge on any atom is -0.492 e. The Morgan fingerprint density at radius 1 is 1.05 bits per heavy atom. The standard InChI is InChI=1S/C16H16O3P/c1-11-7-6-8-13(12(11)2)16(17)20(18)15-10-5-4-9-14(15)19-3/h4-10H,1-3H3/q+1. The second kappa shape index (κ2) is 5.98. The first-order valence-corrected chi connectivity index (χ1v) is 7.53. The molecule has 0 saturated heterocycles. The number of benzene rings is 2. The van der Waals surface area contributed by atoms with Crippen LogP contribution in [0.1, 0.15) is 21.5 Å². The van der Waals surface area contributed by atoms with Gasteiger partial charge in [-0.05, 0) is 43.2 Å². The number of aryl methyl sites for hydroxylation is 1. The number of para-hydroxylation sites is 1. The van der Waals surface area contributed by atoms with Crippen molar-refractivity contribution in [2.24, 2.45) is 0 Å². The molecule has 2 aromatic carbocycles. The summed E-state index contributed by atoms with van der Waals surface area (Å²) in [5.74, 6) is 0.479. The molecule has 3 nitrogen and oxygen atoms in total. The molecule has 4 heteroatoms. The van der Waals surface area contributed by atoms with Gasteiger partial charge >= 0.3 is 13.3 Å². The van der Waals surface area contributed by atoms with Crippen LogP contribution in [0.5, 0.6) is 5.75 Å². The van der Waals surface area contributed by atoms with Crippen LogP contribution in [0.4, 0.5) is 0 Å². The fraction of sp³-hybridized carbons (Fsp3) is 0.188. The molecule has 0 spiro atoms. The maximum absolute atomic E-state index is 12.5. The van der Waals surface area contributed by atoms with E-state index in [1.807, 2.05) is 19.9 Å². The van der Waals surface area contributed by atoms with Gasteiger partial charge in [-0.2, -0.15) is 0 Å². The number of carbonyl (C=O) groups is 1. The van der Waals surface area contributed by atoms with Gasteiger partial charge in [0.15, 0.2) is 5.75 Å². The average Bonchev–Trinajstić information content (AvgIpc) is 2.48. The van der Waals surface area contributed by atoms with E-state index in [-0.39, 0.29) is 5.52 Å². The molecular formula is C16H16O3P+. The first-order chi connectivity index (χ1) is 9.56. The molecule has 0 radical (unpaired) electrons. The van der Waals surface area contributed by atoms with Gasteiger partial charge < -0.3 is 4.74 Å². The molecule has 0 aromatic heterocycles. The van der Waals surface area contributed by atoms with Crippen molar-refractivity contribution < 1.29 is 14.1 Å². The molecule has 2 aromatic rings. The third-order valence-corrected chi connectivity index (χ3v) is 4.74. The predicted molar refractivity (Wildman–Crippen MR) is 80.5 cm³/mol. The molecule has 0 aliphatic rings. The van der Waals surface area contributed by atoms with Gasteiger partial charge in [-0.25, -0.2) is 4.79 Å². The van der Waals surface area contributed by atoms with Gasteiger partial charge in [0.05, 0.1) is 12.7 Å². The van der Waals surface area contributed by atoms with E-state index in [1.54, 1.807) is 36.4 Å². The van der Waals surface area contributed by atoms with Crippen molar-refractivity contribution in [3.8, 4) is 5.75 Å². The molecule has 2 rings (SSSR count). The van der Waals surface area contributed by atoms with E-state index in [4.69, 9.17) is 4.74 Å². The average molecular weight is 287 g/mol. The lowest BCUT2D eigenvalue weighted by Crippen LogP contribution is -2.08. The number of carbonyl (C=O) groups excluding carboxylic acids is 1. The normalized spacial score (nSPS) is 11.1. The smallest absolute Gasteiger partial charge is 0.462 e. The Kier molecular flexibility index (Phi) is 4.31. The van der Waals surface area contributed by atoms with Crippen molar-refractivity contribution in [2.75, 3.05) is 7.11 Å². The number of rotatable bonds is 4. The number of ether oxygens (including phenoxy) is 1. The Labute approximate surface area is 119 Å². The van der Waals surface area contributed by atoms with E-state index in [0.717, 1.165) is 11.1 Å². The van der Waals surface area contributed by atoms with Crippen molar-refractivity contribution in [1.82, 2.24) is 0 Å². The number of hydrogen-bond acceptors (Lipinski definition) is 3. The third kappa shape index (κ3) is 2.63. The Morgan fingerprint density at radius 2 is 1.75 bits per heavy atom. The summed E-state index contributed by atoms with van der Waals surface area (Å²) in [6, 6.07) is 12.4. The van der Waals surface area contributed by atoms with Crippen LogP contribution < -0.4 is 10.0 Å². The fourth-order valence-corrected chi connectivity index (χ4v) is 3.27. The summed E-state index contributed by atoms with van der Waals surface area (Å²) < 4.78 is 17.7. The van der Waals surface area contributed by atoms with Crippen molar-refractivity contribution in [3.05, 3.63) is 59.2 Å². The van der Waals surface area contributed by atoms with Crippen LogP contribution >= 0.6 is 7.80 Å². The van der Waals surface area contributed by atoms with Crippen LogP contribution in [-0.4, -0.2) is 12.6 Å². The molecule has 0 heterocycles. The van der Waals surface area contributed by atoms with Crippen LogP contribution in [0.15, 0.2) is 42.5 Å². The molecule has 0 aliphatic heterocycles. The Bertz CT molecular complexity index is 677. The maximum atomic E-state index is 12.5. The Hall–Kier alpha value is -1.99. The summed E-state index contributed by atoms with van der Waals surface area (Å²) in [7, 11) is -0.678. The SMILES string of the molecule is COc1ccccc1[P+](=O)C(=O)c1cccc(C)c1C. The summed E-state index contributed by atoms with van der Waals surface area (Å²) in [5, 5.41) is 0.441. The Morgan fingerprint density at radius 3 is 2.45 bits per heavy atom. The van der Waals surface area contributed by atoms with E-state index in [0.29, 0.717) is 16.6 Å². The van der Waals surface area contributed by atoms with Crippen molar-refractivity contribution in [2.45, 2.75) is 13.8 Å². The van der Waals surface area contributed by atoms with Crippen LogP contribution in [0.2, 0.25) is 0 Å². The van der Waals surface area contributed by atoms with Crippen LogP contribution in [-0.2, 0) is 4.57 Å². The zero-order valence-electron chi connectivity index (χ0n) is 11.7. The van der Waals surface area contributed by atoms with E-state index >= 15 is 0 Å². The quantitative estimate of drug-likeness (QED) is 0.807. The van der Waals surface area contributed by atoms with Gasteiger partial charge in [0.1, 0.15) is 0 Å². The summed E-state index contributed by atoms with van der Waals surface area (Å²) in [4.78, 5) is 12.4. The monoisotopic (exact) mass is 287 g/mol. The van der Waals surface area contributed by atoms with E-state index in [2.05, 4.69) is 0 Å². The van der Waals surface area contributed by atoms with E-state index in [9.17, 15) is 9.36 Å². The highest BCUT2D eigenvalue weighted by molar-refractivity contribution is 7.71. The lowest BCUT2D eigenvalue weighted by Gasteiger charge is -2.03. The molecule has 0 aliphatic carbocycles. The molecule has 0 N–H and O–H groups in total. The molecule has 0 saturated carbocycles. The highest BCUT2D eigenvalue weighted by atomic mass is 31.1. The first kappa shape index (κ1) is 14.4. The lowest BCUT2D eigenvalue weighted by atomic mass is 10.0. The van der Waals surface area contributed by atoms with Crippen LogP contribution in [0.3, 0.4) is 0 Å². The molecule has 20 heavy (non-hydrogen) atoms. The summed E-state index contributed by atoms with van der Waals surface area (Å²) in [6.07, 6.45) is 0. The summed E-state index contributed by atoms with van der Waals surface area (Å²) in [6.45, 7) is 3.80. The molecule has 1 atom stereocenters. The second-order valence-electron chi connectivity index (χ2n) is 4.52. The minimum absolute atomic E-state index is 0.356. The molecule has 0 fully saturated rings. The molecule has 0 amide bonds. The molecule has 0 bridgehead atoms. The molecular weight excluding hydrogens is 271 g/mol. The zero-order chi connectivity index (χ0) is 14.7. The summed E-state index contributed by atoms with van der Waals surface area (Å²) >= 11 is 0. The topological polar surface area (TPSA) is 43.4 Å². The van der Waals surface area contributed by atoms with Gasteiger partial charge in [-0.3, -0.25) is 0 Å². The Balaban J connectivity index is 2.43. The van der Waals surface area contributed by atoms with E-state index in [1.165, 1.54) is 7.11 Å². The number of hydrogen-bond donors (Lipinski definition) is 0. The van der Waals surface area contributed by atoms with Crippen molar-refractivity contribution >= 4 is 18.6 Å². The highest BCUT2D eigenvalue weighted by Gasteiger charge is 2.36. The first-order valence-electron chi connectivity index (χ1n) is 6.27. The van der Waals surface area contributed by atoms with Gasteiger partial charge in [0.2, 0.25) is 5.30 Å². The largest absolute Gasteiger partial charge is 0.492 e. The zero-order valence-corrected chi connectivity index (χ0v) is 12.6. The summed E-state index contributed by atoms with van der Waals surface area (Å²) in [5.41, 5.74) is 2.04. The molecule has 102 valence electrons. The highest BCUT2D eigenvalue weighted by Crippen LogP contribution is 2.32. The van der Waals surface area contributed by atoms with Gasteiger partial charge in [0, 0.05) is 0 Å². The van der Waals surface area contributed by atoms with Gasteiger partial charge in [-0.15, -0.1) is 0 Å². The number of methoxy groups -OCH3 is 1. The molecule has 1 unspecified atom stereocenters. The van der Waals surface area contributed by atoms with Crippen molar-refractivity contribution in [3.63, 3.8) is 0 Å². The van der Waals surface area contributed by atoms with E-state index < -0.39 is 7.80 Å². The third-order valence-electron chi connectivity index (χ3n) is 3.32. The second-order valence-corrected chi connectivity index (χ2v) is 6.00. The van der Waals surface area contributed by atoms with Gasteiger partial charge in [0.25, 0.3) is 0 Å². The van der Waals surface area contributed by atoms with Gasteiger partial charge in [-0.1, -0.05) is 28.8 Å². The lowest BCUT2D eigenvalue weighted by molar-refractivity contribution is 0.107. The minimum atomic E-state index is -2.18. The maximum Gasteiger partial charge on any atom is 0.462 e. The van der Waals surface area contributed by atoms with Crippen LogP contribution in [0, 0.1) is 13.8 Å². The fourth-order valence-electron chi connectivity index (χ4n) is 2.00.